The maximum Gasteiger partial charge on any atom is 0.407 e. The van der Waals surface area contributed by atoms with Gasteiger partial charge in [0.1, 0.15) is 12.1 Å². The third-order valence-electron chi connectivity index (χ3n) is 14.4. The Kier molecular flexibility index (Phi) is 42.6. The maximum absolute atomic E-state index is 12.9. The molecule has 0 spiro atoms. The van der Waals surface area contributed by atoms with Crippen molar-refractivity contribution in [2.75, 3.05) is 59.2 Å². The lowest BCUT2D eigenvalue weighted by atomic mass is 9.99. The van der Waals surface area contributed by atoms with Gasteiger partial charge >= 0.3 is 30.0 Å². The Labute approximate surface area is 489 Å². The number of carbonyl (C=O) groups is 8. The first-order chi connectivity index (χ1) is 39.3. The fraction of sp³-hybridized carbons (Fsp3) is 0.770. The van der Waals surface area contributed by atoms with Crippen LogP contribution >= 0.6 is 0 Å². The number of benzene rings is 1. The second-order valence-corrected chi connectivity index (χ2v) is 22.2. The van der Waals surface area contributed by atoms with Crippen LogP contribution in [0.3, 0.4) is 0 Å². The molecule has 0 bridgehead atoms. The van der Waals surface area contributed by atoms with Crippen LogP contribution in [-0.4, -0.2) is 146 Å². The minimum Gasteiger partial charge on any atom is -0.481 e. The lowest BCUT2D eigenvalue weighted by molar-refractivity contribution is -0.141. The van der Waals surface area contributed by atoms with Crippen LogP contribution in [0.4, 0.5) is 9.59 Å². The van der Waals surface area contributed by atoms with Crippen molar-refractivity contribution in [2.24, 2.45) is 0 Å². The zero-order valence-electron chi connectivity index (χ0n) is 50.6. The Morgan fingerprint density at radius 2 is 0.976 bits per heavy atom. The highest BCUT2D eigenvalue weighted by Crippen LogP contribution is 2.23. The Bertz CT molecular complexity index is 1940. The third-order valence-corrected chi connectivity index (χ3v) is 14.4. The van der Waals surface area contributed by atoms with E-state index < -0.39 is 65.6 Å². The lowest BCUT2D eigenvalue weighted by Crippen LogP contribution is -2.51. The van der Waals surface area contributed by atoms with E-state index in [1.165, 1.54) is 121 Å². The summed E-state index contributed by atoms with van der Waals surface area (Å²) in [4.78, 5) is 96.1. The number of rotatable bonds is 53. The number of carboxylic acids is 3. The number of hydrogen-bond donors (Lipinski definition) is 9. The average molecular weight is 1160 g/mol. The van der Waals surface area contributed by atoms with E-state index in [9.17, 15) is 48.6 Å². The van der Waals surface area contributed by atoms with Gasteiger partial charge in [0, 0.05) is 69.8 Å². The molecule has 0 radical (unpaired) electrons. The van der Waals surface area contributed by atoms with Gasteiger partial charge in [-0.05, 0) is 109 Å². The van der Waals surface area contributed by atoms with E-state index in [1.54, 1.807) is 0 Å². The molecule has 1 aromatic carbocycles. The molecule has 0 aliphatic heterocycles. The largest absolute Gasteiger partial charge is 0.481 e. The van der Waals surface area contributed by atoms with Crippen LogP contribution in [0.15, 0.2) is 24.3 Å². The summed E-state index contributed by atoms with van der Waals surface area (Å²) in [6, 6.07) is 2.15. The van der Waals surface area contributed by atoms with Gasteiger partial charge in [-0.1, -0.05) is 117 Å². The molecule has 0 aliphatic carbocycles. The van der Waals surface area contributed by atoms with Crippen molar-refractivity contribution in [3.63, 3.8) is 0 Å². The number of nitrogens with one attached hydrogen (secondary N) is 6. The Balaban J connectivity index is 2.12. The van der Waals surface area contributed by atoms with Crippen LogP contribution in [0.1, 0.15) is 242 Å². The van der Waals surface area contributed by atoms with E-state index in [1.807, 2.05) is 27.7 Å². The number of unbranched alkanes of at least 4 members (excludes halogenated alkanes) is 18. The van der Waals surface area contributed by atoms with Gasteiger partial charge in [-0.3, -0.25) is 19.2 Å². The summed E-state index contributed by atoms with van der Waals surface area (Å²) in [5, 5.41) is 43.1. The average Bonchev–Trinajstić information content (AvgIpc) is 3.44. The number of ether oxygens (including phenoxy) is 4. The summed E-state index contributed by atoms with van der Waals surface area (Å²) in [7, 11) is 0. The number of aliphatic carboxylic acids is 3. The quantitative estimate of drug-likeness (QED) is 0.0274. The highest BCUT2D eigenvalue weighted by atomic mass is 16.6. The molecule has 6 amide bonds. The predicted octanol–water partition coefficient (Wildman–Crippen LogP) is 10.2. The number of alkyl carbamates (subject to hydrolysis) is 1. The van der Waals surface area contributed by atoms with Gasteiger partial charge < -0.3 is 66.2 Å². The predicted molar refractivity (Wildman–Crippen MR) is 316 cm³/mol. The standard InChI is InChI=1S/C61H106N6O15/c1-6-8-9-10-11-12-13-14-15-16-17-18-19-20-21-27-43-79-44-28-45-80-59(78)65-40-25-22-23-30-52(68)62-41-37-60(3,4)81-46-38-61(5,7-2)82-47-42-64-55(72)49-33-31-48(32-34-49)54(71)63-39-26-24-29-50(56(73)74)66-58(77)67-51(57(75)76)35-36-53(69)70/h31-34,50-51H,6-30,35-47H2,1-5H3,(H,62,68)(H,63,71)(H,64,72)(H,65,78)(H,69,70)(H,73,74)(H,75,76)(H2,66,67,77)/t50-,51-,61?/m0/s1. The Morgan fingerprint density at radius 3 is 1.52 bits per heavy atom. The number of amides is 6. The molecule has 1 aromatic rings. The molecule has 1 rings (SSSR count). The molecule has 0 saturated heterocycles. The van der Waals surface area contributed by atoms with E-state index in [-0.39, 0.29) is 50.8 Å². The topological polar surface area (TPSA) is 306 Å². The minimum absolute atomic E-state index is 0.0166. The van der Waals surface area contributed by atoms with E-state index in [0.29, 0.717) is 82.6 Å². The van der Waals surface area contributed by atoms with Gasteiger partial charge in [0.05, 0.1) is 31.0 Å². The second kappa shape index (κ2) is 46.9. The summed E-state index contributed by atoms with van der Waals surface area (Å²) < 4.78 is 23.4. The summed E-state index contributed by atoms with van der Waals surface area (Å²) in [6.45, 7) is 14.1. The normalized spacial score (nSPS) is 12.8. The molecular weight excluding hydrogens is 1060 g/mol. The van der Waals surface area contributed by atoms with Crippen LogP contribution < -0.4 is 31.9 Å². The summed E-state index contributed by atoms with van der Waals surface area (Å²) in [6.07, 6.45) is 26.2. The van der Waals surface area contributed by atoms with Gasteiger partial charge in [0.2, 0.25) is 5.91 Å². The first-order valence-electron chi connectivity index (χ1n) is 30.7. The molecule has 21 nitrogen and oxygen atoms in total. The Morgan fingerprint density at radius 1 is 0.476 bits per heavy atom. The first-order valence-corrected chi connectivity index (χ1v) is 30.7. The highest BCUT2D eigenvalue weighted by Gasteiger charge is 2.27. The van der Waals surface area contributed by atoms with Crippen molar-refractivity contribution in [2.45, 2.75) is 244 Å². The lowest BCUT2D eigenvalue weighted by Gasteiger charge is -2.32. The molecule has 0 aromatic heterocycles. The number of hydrogen-bond acceptors (Lipinski definition) is 12. The molecule has 21 heteroatoms. The number of carboxylic acid groups (broad SMARTS) is 3. The molecule has 0 saturated carbocycles. The van der Waals surface area contributed by atoms with E-state index >= 15 is 0 Å². The first kappa shape index (κ1) is 74.5. The van der Waals surface area contributed by atoms with Crippen molar-refractivity contribution in [3.05, 3.63) is 35.4 Å². The van der Waals surface area contributed by atoms with Gasteiger partial charge in [0.15, 0.2) is 0 Å². The van der Waals surface area contributed by atoms with Gasteiger partial charge in [-0.25, -0.2) is 19.2 Å². The maximum atomic E-state index is 12.9. The second-order valence-electron chi connectivity index (χ2n) is 22.2. The van der Waals surface area contributed by atoms with E-state index in [2.05, 4.69) is 38.8 Å². The molecule has 0 aliphatic rings. The highest BCUT2D eigenvalue weighted by molar-refractivity contribution is 5.97. The summed E-state index contributed by atoms with van der Waals surface area (Å²) in [5.41, 5.74) is -0.321. The fourth-order valence-corrected chi connectivity index (χ4v) is 8.82. The molecule has 0 fully saturated rings. The molecule has 1 unspecified atom stereocenters. The fourth-order valence-electron chi connectivity index (χ4n) is 8.82. The minimum atomic E-state index is -1.51. The SMILES string of the molecule is CCCCCCCCCCCCCCCCCCOCCCOC(=O)NCCCCCC(=O)NCCC(C)(C)OCCC(C)(CC)OCCNC(=O)c1ccc(C(=O)NCCCC[C@H](NC(=O)N[C@@H](CCC(=O)O)C(=O)O)C(=O)O)cc1. The van der Waals surface area contributed by atoms with Gasteiger partial charge in [0.25, 0.3) is 11.8 Å². The monoisotopic (exact) mass is 1160 g/mol. The van der Waals surface area contributed by atoms with Crippen molar-refractivity contribution in [3.8, 4) is 0 Å². The molecular formula is C61H106N6O15. The number of carbonyl (C=O) groups excluding carboxylic acids is 5. The van der Waals surface area contributed by atoms with Crippen molar-refractivity contribution in [1.29, 1.82) is 0 Å². The van der Waals surface area contributed by atoms with Crippen molar-refractivity contribution < 1.29 is 72.6 Å². The smallest absolute Gasteiger partial charge is 0.407 e. The van der Waals surface area contributed by atoms with E-state index in [0.717, 1.165) is 32.3 Å². The van der Waals surface area contributed by atoms with Crippen LogP contribution in [0.25, 0.3) is 0 Å². The van der Waals surface area contributed by atoms with Crippen LogP contribution in [-0.2, 0) is 38.1 Å². The molecule has 470 valence electrons. The molecule has 3 atom stereocenters. The Hall–Kier alpha value is -5.54. The molecule has 0 heterocycles. The third kappa shape index (κ3) is 40.6. The zero-order chi connectivity index (χ0) is 60.7. The summed E-state index contributed by atoms with van der Waals surface area (Å²) >= 11 is 0. The van der Waals surface area contributed by atoms with E-state index in [4.69, 9.17) is 24.1 Å². The van der Waals surface area contributed by atoms with Crippen molar-refractivity contribution >= 4 is 47.8 Å². The van der Waals surface area contributed by atoms with Crippen LogP contribution in [0.2, 0.25) is 0 Å². The summed E-state index contributed by atoms with van der Waals surface area (Å²) in [5.74, 6) is -4.81. The zero-order valence-corrected chi connectivity index (χ0v) is 50.6. The molecule has 82 heavy (non-hydrogen) atoms. The van der Waals surface area contributed by atoms with Gasteiger partial charge in [-0.2, -0.15) is 0 Å². The number of urea groups is 1. The van der Waals surface area contributed by atoms with Crippen LogP contribution in [0, 0.1) is 0 Å². The van der Waals surface area contributed by atoms with Crippen LogP contribution in [0.5, 0.6) is 0 Å². The van der Waals surface area contributed by atoms with Crippen molar-refractivity contribution in [1.82, 2.24) is 31.9 Å². The van der Waals surface area contributed by atoms with Gasteiger partial charge in [-0.15, -0.1) is 0 Å². The molecule has 9 N–H and O–H groups in total.